The van der Waals surface area contributed by atoms with Crippen molar-refractivity contribution in [1.82, 2.24) is 4.90 Å². The Morgan fingerprint density at radius 3 is 3.06 bits per heavy atom. The number of rotatable bonds is 5. The molecule has 4 nitrogen and oxygen atoms in total. The van der Waals surface area contributed by atoms with Gasteiger partial charge in [-0.05, 0) is 44.9 Å². The molecule has 0 bridgehead atoms. The number of methoxy groups -OCH3 is 1. The first-order valence-electron chi connectivity index (χ1n) is 6.67. The molecule has 4 heteroatoms. The van der Waals surface area contributed by atoms with Crippen molar-refractivity contribution in [1.29, 1.82) is 0 Å². The first-order valence-corrected chi connectivity index (χ1v) is 6.67. The Morgan fingerprint density at radius 2 is 2.44 bits per heavy atom. The number of furan rings is 1. The van der Waals surface area contributed by atoms with Crippen molar-refractivity contribution in [3.63, 3.8) is 0 Å². The second-order valence-electron chi connectivity index (χ2n) is 5.32. The van der Waals surface area contributed by atoms with Crippen molar-refractivity contribution in [3.8, 4) is 0 Å². The smallest absolute Gasteiger partial charge is 0.117 e. The van der Waals surface area contributed by atoms with Crippen molar-refractivity contribution in [3.05, 3.63) is 24.2 Å². The molecule has 18 heavy (non-hydrogen) atoms. The van der Waals surface area contributed by atoms with Gasteiger partial charge in [0.25, 0.3) is 0 Å². The maximum Gasteiger partial charge on any atom is 0.117 e. The van der Waals surface area contributed by atoms with Crippen LogP contribution in [0.4, 0.5) is 0 Å². The Kier molecular flexibility index (Phi) is 4.43. The molecule has 2 rings (SSSR count). The van der Waals surface area contributed by atoms with Gasteiger partial charge in [0.2, 0.25) is 0 Å². The van der Waals surface area contributed by atoms with Crippen LogP contribution in [0.1, 0.15) is 31.4 Å². The quantitative estimate of drug-likeness (QED) is 0.871. The first-order chi connectivity index (χ1) is 8.70. The summed E-state index contributed by atoms with van der Waals surface area (Å²) in [5, 5.41) is 0. The Morgan fingerprint density at radius 1 is 1.61 bits per heavy atom. The molecule has 102 valence electrons. The van der Waals surface area contributed by atoms with Crippen molar-refractivity contribution < 1.29 is 9.15 Å². The second-order valence-corrected chi connectivity index (χ2v) is 5.32. The van der Waals surface area contributed by atoms with Gasteiger partial charge in [-0.15, -0.1) is 0 Å². The maximum absolute atomic E-state index is 6.06. The lowest BCUT2D eigenvalue weighted by atomic mass is 9.79. The molecule has 0 radical (unpaired) electrons. The van der Waals surface area contributed by atoms with Gasteiger partial charge in [-0.3, -0.25) is 4.90 Å². The summed E-state index contributed by atoms with van der Waals surface area (Å²) in [6, 6.07) is 3.94. The molecular formula is C14H24N2O2. The number of hydrogen-bond acceptors (Lipinski definition) is 4. The number of nitrogens with zero attached hydrogens (tertiary/aromatic N) is 1. The van der Waals surface area contributed by atoms with Crippen LogP contribution in [0.3, 0.4) is 0 Å². The van der Waals surface area contributed by atoms with Crippen LogP contribution in [0.5, 0.6) is 0 Å². The average molecular weight is 252 g/mol. The maximum atomic E-state index is 6.06. The van der Waals surface area contributed by atoms with E-state index >= 15 is 0 Å². The fraction of sp³-hybridized carbons (Fsp3) is 0.714. The molecule has 1 heterocycles. The molecular weight excluding hydrogens is 228 g/mol. The molecule has 1 aromatic rings. The van der Waals surface area contributed by atoms with Crippen molar-refractivity contribution in [2.75, 3.05) is 20.7 Å². The van der Waals surface area contributed by atoms with E-state index in [9.17, 15) is 0 Å². The molecule has 0 spiro atoms. The van der Waals surface area contributed by atoms with Crippen molar-refractivity contribution in [2.24, 2.45) is 5.73 Å². The van der Waals surface area contributed by atoms with Crippen molar-refractivity contribution in [2.45, 2.75) is 43.9 Å². The van der Waals surface area contributed by atoms with Crippen LogP contribution in [0.25, 0.3) is 0 Å². The standard InChI is InChI=1S/C14H24N2O2/c1-16(10-13-6-4-8-18-13)14(11-15)7-3-5-12(9-14)17-2/h4,6,8,12H,3,5,7,9-11,15H2,1-2H3. The predicted molar refractivity (Wildman–Crippen MR) is 71.2 cm³/mol. The third-order valence-corrected chi connectivity index (χ3v) is 4.27. The minimum atomic E-state index is 0.0473. The molecule has 2 atom stereocenters. The Balaban J connectivity index is 2.05. The van der Waals surface area contributed by atoms with Crippen LogP contribution in [-0.4, -0.2) is 37.2 Å². The fourth-order valence-corrected chi connectivity index (χ4v) is 2.98. The van der Waals surface area contributed by atoms with E-state index in [1.54, 1.807) is 13.4 Å². The van der Waals surface area contributed by atoms with Crippen LogP contribution in [-0.2, 0) is 11.3 Å². The van der Waals surface area contributed by atoms with Gasteiger partial charge in [-0.25, -0.2) is 0 Å². The van der Waals surface area contributed by atoms with Gasteiger partial charge in [-0.2, -0.15) is 0 Å². The summed E-state index contributed by atoms with van der Waals surface area (Å²) in [7, 11) is 3.93. The number of hydrogen-bond donors (Lipinski definition) is 1. The molecule has 2 N–H and O–H groups in total. The number of ether oxygens (including phenoxy) is 1. The predicted octanol–water partition coefficient (Wildman–Crippen LogP) is 2.00. The molecule has 1 aliphatic rings. The molecule has 1 fully saturated rings. The molecule has 1 aromatic heterocycles. The van der Waals surface area contributed by atoms with Gasteiger partial charge < -0.3 is 14.9 Å². The van der Waals surface area contributed by atoms with E-state index in [0.29, 0.717) is 12.6 Å². The van der Waals surface area contributed by atoms with Gasteiger partial charge in [0.15, 0.2) is 0 Å². The summed E-state index contributed by atoms with van der Waals surface area (Å²) < 4.78 is 11.0. The summed E-state index contributed by atoms with van der Waals surface area (Å²) in [6.07, 6.45) is 6.53. The Bertz CT molecular complexity index is 353. The van der Waals surface area contributed by atoms with Gasteiger partial charge in [0.1, 0.15) is 5.76 Å². The van der Waals surface area contributed by atoms with Crippen LogP contribution >= 0.6 is 0 Å². The number of likely N-dealkylation sites (N-methyl/N-ethyl adjacent to an activating group) is 1. The van der Waals surface area contributed by atoms with Crippen LogP contribution in [0.2, 0.25) is 0 Å². The van der Waals surface area contributed by atoms with Gasteiger partial charge in [-0.1, -0.05) is 0 Å². The zero-order valence-electron chi connectivity index (χ0n) is 11.4. The molecule has 0 aliphatic heterocycles. The van der Waals surface area contributed by atoms with E-state index in [4.69, 9.17) is 14.9 Å². The van der Waals surface area contributed by atoms with E-state index in [0.717, 1.165) is 31.6 Å². The zero-order valence-corrected chi connectivity index (χ0v) is 11.4. The molecule has 2 unspecified atom stereocenters. The molecule has 0 aromatic carbocycles. The summed E-state index contributed by atoms with van der Waals surface area (Å²) in [4.78, 5) is 2.33. The summed E-state index contributed by atoms with van der Waals surface area (Å²) >= 11 is 0. The molecule has 0 amide bonds. The lowest BCUT2D eigenvalue weighted by Crippen LogP contribution is -2.55. The highest BCUT2D eigenvalue weighted by Gasteiger charge is 2.38. The van der Waals surface area contributed by atoms with Gasteiger partial charge in [0, 0.05) is 19.2 Å². The molecule has 0 saturated heterocycles. The SMILES string of the molecule is COC1CCCC(CN)(N(C)Cc2ccco2)C1. The highest BCUT2D eigenvalue weighted by atomic mass is 16.5. The molecule has 1 saturated carbocycles. The van der Waals surface area contributed by atoms with E-state index in [-0.39, 0.29) is 5.54 Å². The van der Waals surface area contributed by atoms with Crippen LogP contribution < -0.4 is 5.73 Å². The summed E-state index contributed by atoms with van der Waals surface area (Å²) in [6.45, 7) is 1.48. The van der Waals surface area contributed by atoms with Gasteiger partial charge >= 0.3 is 0 Å². The van der Waals surface area contributed by atoms with E-state index in [2.05, 4.69) is 11.9 Å². The Labute approximate surface area is 109 Å². The largest absolute Gasteiger partial charge is 0.468 e. The Hall–Kier alpha value is -0.840. The second kappa shape index (κ2) is 5.87. The zero-order chi connectivity index (χ0) is 13.0. The number of nitrogens with two attached hydrogens (primary N) is 1. The topological polar surface area (TPSA) is 51.6 Å². The normalized spacial score (nSPS) is 28.8. The van der Waals surface area contributed by atoms with Crippen LogP contribution in [0.15, 0.2) is 22.8 Å². The average Bonchev–Trinajstić information content (AvgIpc) is 2.91. The fourth-order valence-electron chi connectivity index (χ4n) is 2.98. The summed E-state index contributed by atoms with van der Waals surface area (Å²) in [5.41, 5.74) is 6.10. The highest BCUT2D eigenvalue weighted by Crippen LogP contribution is 2.34. The first kappa shape index (κ1) is 13.6. The monoisotopic (exact) mass is 252 g/mol. The van der Waals surface area contributed by atoms with Crippen LogP contribution in [0, 0.1) is 0 Å². The highest BCUT2D eigenvalue weighted by molar-refractivity contribution is 5.02. The lowest BCUT2D eigenvalue weighted by molar-refractivity contribution is -0.0168. The lowest BCUT2D eigenvalue weighted by Gasteiger charge is -2.46. The van der Waals surface area contributed by atoms with E-state index < -0.39 is 0 Å². The molecule has 1 aliphatic carbocycles. The van der Waals surface area contributed by atoms with Crippen molar-refractivity contribution >= 4 is 0 Å². The van der Waals surface area contributed by atoms with Gasteiger partial charge in [0.05, 0.1) is 18.9 Å². The van der Waals surface area contributed by atoms with E-state index in [1.165, 1.54) is 6.42 Å². The summed E-state index contributed by atoms with van der Waals surface area (Å²) in [5.74, 6) is 0.991. The van der Waals surface area contributed by atoms with E-state index in [1.807, 2.05) is 12.1 Å². The third-order valence-electron chi connectivity index (χ3n) is 4.27. The minimum Gasteiger partial charge on any atom is -0.468 e. The third kappa shape index (κ3) is 2.76. The minimum absolute atomic E-state index is 0.0473.